The molecule has 0 bridgehead atoms. The lowest BCUT2D eigenvalue weighted by Gasteiger charge is -2.73. The van der Waals surface area contributed by atoms with Crippen molar-refractivity contribution in [2.75, 3.05) is 13.1 Å². The molecule has 11 atom stereocenters. The van der Waals surface area contributed by atoms with E-state index >= 15 is 0 Å². The van der Waals surface area contributed by atoms with Gasteiger partial charge in [0.1, 0.15) is 6.10 Å². The number of hydrogen-bond acceptors (Lipinski definition) is 4. The lowest BCUT2D eigenvalue weighted by molar-refractivity contribution is -0.250. The first-order valence-corrected chi connectivity index (χ1v) is 19.6. The Bertz CT molecular complexity index is 1330. The summed E-state index contributed by atoms with van der Waals surface area (Å²) in [6.07, 6.45) is 13.0. The van der Waals surface area contributed by atoms with Crippen LogP contribution >= 0.6 is 0 Å². The third-order valence-corrected chi connectivity index (χ3v) is 16.9. The SMILES string of the molecule is C=C(C)C1CC[C@]2(CC(=O)N3CC[C@H](C)C3)CC[C@]3(C)[C@H](CC[C@@H]4[C@@]5(C)CC[C@H](OC(=O)CC(C)(C)C(=O)O)C(C)(C)[C@@H]5CC[C@]43C)[C@@H]12. The molecule has 1 aliphatic heterocycles. The molecule has 0 aromatic carbocycles. The molecule has 1 unspecified atom stereocenters. The van der Waals surface area contributed by atoms with E-state index in [1.807, 2.05) is 0 Å². The van der Waals surface area contributed by atoms with Crippen molar-refractivity contribution in [3.8, 4) is 0 Å². The first-order chi connectivity index (χ1) is 22.2. The highest BCUT2D eigenvalue weighted by atomic mass is 16.5. The van der Waals surface area contributed by atoms with Crippen LogP contribution in [0.4, 0.5) is 0 Å². The number of hydrogen-bond donors (Lipinski definition) is 1. The van der Waals surface area contributed by atoms with E-state index in [9.17, 15) is 19.5 Å². The number of carboxylic acids is 1. The van der Waals surface area contributed by atoms with Crippen LogP contribution in [0.25, 0.3) is 0 Å². The van der Waals surface area contributed by atoms with Gasteiger partial charge in [0.25, 0.3) is 0 Å². The van der Waals surface area contributed by atoms with Gasteiger partial charge >= 0.3 is 11.9 Å². The van der Waals surface area contributed by atoms with Crippen molar-refractivity contribution in [1.82, 2.24) is 4.90 Å². The summed E-state index contributed by atoms with van der Waals surface area (Å²) in [5.74, 6) is 2.41. The Morgan fingerprint density at radius 1 is 0.875 bits per heavy atom. The van der Waals surface area contributed by atoms with Crippen LogP contribution in [-0.2, 0) is 19.1 Å². The second-order valence-corrected chi connectivity index (χ2v) is 20.2. The molecular weight excluding hydrogens is 598 g/mol. The largest absolute Gasteiger partial charge is 0.481 e. The topological polar surface area (TPSA) is 83.9 Å². The van der Waals surface area contributed by atoms with Crippen LogP contribution in [0.15, 0.2) is 12.2 Å². The number of fused-ring (bicyclic) bond motifs is 7. The van der Waals surface area contributed by atoms with Crippen LogP contribution < -0.4 is 0 Å². The van der Waals surface area contributed by atoms with Gasteiger partial charge in [-0.1, -0.05) is 53.7 Å². The first-order valence-electron chi connectivity index (χ1n) is 19.6. The number of carbonyl (C=O) groups excluding carboxylic acids is 2. The zero-order valence-electron chi connectivity index (χ0n) is 31.9. The van der Waals surface area contributed by atoms with Gasteiger partial charge in [0.05, 0.1) is 11.8 Å². The molecule has 48 heavy (non-hydrogen) atoms. The van der Waals surface area contributed by atoms with Gasteiger partial charge in [-0.2, -0.15) is 0 Å². The number of esters is 1. The highest BCUT2D eigenvalue weighted by molar-refractivity contribution is 5.81. The third-order valence-electron chi connectivity index (χ3n) is 16.9. The fourth-order valence-corrected chi connectivity index (χ4v) is 14.0. The standard InChI is InChI=1S/C42H67NO5/c1-26(2)28-13-19-42(23-33(44)43-22-16-27(3)25-43)21-20-40(9)29(35(28)42)11-12-31-39(8)17-15-32(48-34(45)24-37(4,5)36(46)47)38(6,7)30(39)14-18-41(31,40)10/h27-32,35H,1,11-25H2,2-10H3,(H,46,47)/t27-,28?,29+,30-,31+,32-,35+,39-,40+,41+,42+/m0/s1. The number of likely N-dealkylation sites (tertiary alicyclic amines) is 1. The molecule has 1 N–H and O–H groups in total. The quantitative estimate of drug-likeness (QED) is 0.216. The molecule has 0 spiro atoms. The van der Waals surface area contributed by atoms with E-state index in [2.05, 4.69) is 59.9 Å². The van der Waals surface area contributed by atoms with Crippen molar-refractivity contribution in [2.45, 2.75) is 152 Å². The molecule has 1 saturated heterocycles. The normalized spacial score (nSPS) is 44.9. The monoisotopic (exact) mass is 666 g/mol. The molecule has 6 aliphatic rings. The Balaban J connectivity index is 1.25. The van der Waals surface area contributed by atoms with Crippen molar-refractivity contribution in [3.63, 3.8) is 0 Å². The molecule has 5 aliphatic carbocycles. The van der Waals surface area contributed by atoms with E-state index in [0.29, 0.717) is 41.4 Å². The minimum absolute atomic E-state index is 0.103. The zero-order valence-corrected chi connectivity index (χ0v) is 31.9. The summed E-state index contributed by atoms with van der Waals surface area (Å²) in [5.41, 5.74) is 0.726. The molecule has 0 aromatic heterocycles. The number of aliphatic carboxylic acids is 1. The van der Waals surface area contributed by atoms with Crippen molar-refractivity contribution >= 4 is 17.8 Å². The number of ether oxygens (including phenoxy) is 1. The fourth-order valence-electron chi connectivity index (χ4n) is 14.0. The van der Waals surface area contributed by atoms with Gasteiger partial charge in [0.15, 0.2) is 0 Å². The van der Waals surface area contributed by atoms with Crippen molar-refractivity contribution in [2.24, 2.45) is 68.0 Å². The second-order valence-electron chi connectivity index (χ2n) is 20.2. The number of nitrogens with zero attached hydrogens (tertiary/aromatic N) is 1. The summed E-state index contributed by atoms with van der Waals surface area (Å²) >= 11 is 0. The van der Waals surface area contributed by atoms with Crippen LogP contribution in [0.2, 0.25) is 0 Å². The number of carboxylic acid groups (broad SMARTS) is 1. The highest BCUT2D eigenvalue weighted by Crippen LogP contribution is 2.78. The Hall–Kier alpha value is -1.85. The highest BCUT2D eigenvalue weighted by Gasteiger charge is 2.71. The van der Waals surface area contributed by atoms with Crippen molar-refractivity contribution in [3.05, 3.63) is 12.2 Å². The van der Waals surface area contributed by atoms with Gasteiger partial charge in [-0.05, 0) is 149 Å². The summed E-state index contributed by atoms with van der Waals surface area (Å²) in [4.78, 5) is 40.9. The Labute approximate surface area is 291 Å². The van der Waals surface area contributed by atoms with Crippen LogP contribution in [0.5, 0.6) is 0 Å². The molecule has 6 heteroatoms. The maximum Gasteiger partial charge on any atom is 0.309 e. The Morgan fingerprint density at radius 2 is 1.58 bits per heavy atom. The van der Waals surface area contributed by atoms with E-state index in [1.54, 1.807) is 13.8 Å². The predicted molar refractivity (Wildman–Crippen MR) is 190 cm³/mol. The van der Waals surface area contributed by atoms with Gasteiger partial charge in [-0.25, -0.2) is 0 Å². The number of allylic oxidation sites excluding steroid dienone is 1. The summed E-state index contributed by atoms with van der Waals surface area (Å²) < 4.78 is 6.18. The van der Waals surface area contributed by atoms with E-state index < -0.39 is 11.4 Å². The lowest BCUT2D eigenvalue weighted by Crippen LogP contribution is -2.67. The zero-order chi connectivity index (χ0) is 35.2. The van der Waals surface area contributed by atoms with E-state index in [0.717, 1.165) is 45.2 Å². The van der Waals surface area contributed by atoms with Crippen LogP contribution in [0, 0.1) is 68.0 Å². The summed E-state index contributed by atoms with van der Waals surface area (Å²) in [5, 5.41) is 9.59. The van der Waals surface area contributed by atoms with Gasteiger partial charge in [0.2, 0.25) is 5.91 Å². The number of rotatable bonds is 7. The van der Waals surface area contributed by atoms with Crippen molar-refractivity contribution in [1.29, 1.82) is 0 Å². The van der Waals surface area contributed by atoms with E-state index in [4.69, 9.17) is 4.74 Å². The molecule has 6 nitrogen and oxygen atoms in total. The van der Waals surface area contributed by atoms with Gasteiger partial charge < -0.3 is 14.7 Å². The van der Waals surface area contributed by atoms with E-state index in [1.165, 1.54) is 50.5 Å². The average Bonchev–Trinajstić information content (AvgIpc) is 3.59. The second kappa shape index (κ2) is 11.9. The predicted octanol–water partition coefficient (Wildman–Crippen LogP) is 9.32. The first kappa shape index (κ1) is 36.0. The van der Waals surface area contributed by atoms with E-state index in [-0.39, 0.29) is 45.6 Å². The number of carbonyl (C=O) groups is 3. The molecule has 1 heterocycles. The van der Waals surface area contributed by atoms with Crippen LogP contribution in [-0.4, -0.2) is 47.0 Å². The minimum atomic E-state index is -1.13. The third kappa shape index (κ3) is 5.33. The molecule has 6 rings (SSSR count). The molecule has 0 radical (unpaired) electrons. The molecule has 0 aromatic rings. The molecule has 6 fully saturated rings. The summed E-state index contributed by atoms with van der Waals surface area (Å²) in [6.45, 7) is 26.7. The van der Waals surface area contributed by atoms with Gasteiger partial charge in [-0.3, -0.25) is 14.4 Å². The number of amides is 1. The maximum atomic E-state index is 13.9. The summed E-state index contributed by atoms with van der Waals surface area (Å²) in [7, 11) is 0. The van der Waals surface area contributed by atoms with Gasteiger partial charge in [0, 0.05) is 24.9 Å². The van der Waals surface area contributed by atoms with Crippen LogP contribution in [0.1, 0.15) is 146 Å². The maximum absolute atomic E-state index is 13.9. The van der Waals surface area contributed by atoms with Crippen LogP contribution in [0.3, 0.4) is 0 Å². The average molecular weight is 666 g/mol. The Morgan fingerprint density at radius 3 is 2.21 bits per heavy atom. The molecule has 270 valence electrons. The Kier molecular flexibility index (Phi) is 8.88. The smallest absolute Gasteiger partial charge is 0.309 e. The lowest BCUT2D eigenvalue weighted by atomic mass is 9.32. The fraction of sp³-hybridized carbons (Fsp3) is 0.881. The van der Waals surface area contributed by atoms with Gasteiger partial charge in [-0.15, -0.1) is 0 Å². The minimum Gasteiger partial charge on any atom is -0.481 e. The molecule has 5 saturated carbocycles. The summed E-state index contributed by atoms with van der Waals surface area (Å²) in [6, 6.07) is 0. The molecule has 1 amide bonds. The molecular formula is C42H67NO5. The van der Waals surface area contributed by atoms with Crippen molar-refractivity contribution < 1.29 is 24.2 Å².